The molecule has 168 valence electrons. The van der Waals surface area contributed by atoms with Gasteiger partial charge in [0.05, 0.1) is 0 Å². The minimum atomic E-state index is -0.386. The zero-order chi connectivity index (χ0) is 23.6. The first-order valence-corrected chi connectivity index (χ1v) is 10.6. The molecule has 0 unspecified atom stereocenters. The van der Waals surface area contributed by atoms with Crippen LogP contribution >= 0.6 is 0 Å². The molecule has 2 rings (SSSR count). The first-order chi connectivity index (χ1) is 14.0. The number of ketones is 1. The average molecular weight is 425 g/mol. The van der Waals surface area contributed by atoms with E-state index in [0.29, 0.717) is 11.3 Å². The van der Waals surface area contributed by atoms with Gasteiger partial charge in [0.25, 0.3) is 0 Å². The van der Waals surface area contributed by atoms with Crippen LogP contribution in [0.3, 0.4) is 0 Å². The normalized spacial score (nSPS) is 12.8. The second-order valence-corrected chi connectivity index (χ2v) is 10.8. The maximum absolute atomic E-state index is 12.7. The second kappa shape index (κ2) is 8.78. The standard InChI is InChI=1S/C27H36O4/c1-25(2,3)24-19(12-15-22(29)18-10-13-20(28)14-11-18)16-21(30-26(4,5)6)17-23(24)31-27(7,8)9/h10-17,28H,1-9H3/b15-12+. The fourth-order valence-corrected chi connectivity index (χ4v) is 3.26. The average Bonchev–Trinajstić information content (AvgIpc) is 2.55. The maximum atomic E-state index is 12.7. The van der Waals surface area contributed by atoms with Gasteiger partial charge in [-0.2, -0.15) is 0 Å². The number of hydrogen-bond donors (Lipinski definition) is 1. The van der Waals surface area contributed by atoms with Crippen molar-refractivity contribution in [3.63, 3.8) is 0 Å². The van der Waals surface area contributed by atoms with Crippen LogP contribution in [-0.4, -0.2) is 22.1 Å². The van der Waals surface area contributed by atoms with Gasteiger partial charge >= 0.3 is 0 Å². The van der Waals surface area contributed by atoms with Gasteiger partial charge in [0.2, 0.25) is 0 Å². The number of ether oxygens (including phenoxy) is 2. The number of benzene rings is 2. The summed E-state index contributed by atoms with van der Waals surface area (Å²) in [5.41, 5.74) is 1.43. The molecule has 0 atom stereocenters. The summed E-state index contributed by atoms with van der Waals surface area (Å²) in [6.07, 6.45) is 3.37. The molecule has 0 aliphatic heterocycles. The number of rotatable bonds is 5. The summed E-state index contributed by atoms with van der Waals surface area (Å²) in [4.78, 5) is 12.7. The summed E-state index contributed by atoms with van der Waals surface area (Å²) < 4.78 is 12.5. The van der Waals surface area contributed by atoms with Gasteiger partial charge in [-0.25, -0.2) is 0 Å². The Morgan fingerprint density at radius 1 is 0.839 bits per heavy atom. The van der Waals surface area contributed by atoms with Gasteiger partial charge in [-0.1, -0.05) is 26.8 Å². The summed E-state index contributed by atoms with van der Waals surface area (Å²) in [5, 5.41) is 9.46. The van der Waals surface area contributed by atoms with E-state index < -0.39 is 0 Å². The predicted octanol–water partition coefficient (Wildman–Crippen LogP) is 6.94. The molecular formula is C27H36O4. The van der Waals surface area contributed by atoms with Gasteiger partial charge in [0, 0.05) is 17.2 Å². The second-order valence-electron chi connectivity index (χ2n) is 10.8. The van der Waals surface area contributed by atoms with Crippen LogP contribution in [0.15, 0.2) is 42.5 Å². The van der Waals surface area contributed by atoms with Crippen LogP contribution in [0.4, 0.5) is 0 Å². The lowest BCUT2D eigenvalue weighted by Gasteiger charge is -2.31. The molecule has 0 aromatic heterocycles. The largest absolute Gasteiger partial charge is 0.508 e. The molecule has 4 nitrogen and oxygen atoms in total. The molecule has 0 radical (unpaired) electrons. The first-order valence-electron chi connectivity index (χ1n) is 10.6. The number of carbonyl (C=O) groups excluding carboxylic acids is 1. The van der Waals surface area contributed by atoms with Crippen molar-refractivity contribution in [1.29, 1.82) is 0 Å². The number of carbonyl (C=O) groups is 1. The van der Waals surface area contributed by atoms with Crippen LogP contribution in [0.2, 0.25) is 0 Å². The highest BCUT2D eigenvalue weighted by Gasteiger charge is 2.27. The molecule has 31 heavy (non-hydrogen) atoms. The zero-order valence-electron chi connectivity index (χ0n) is 20.3. The highest BCUT2D eigenvalue weighted by Crippen LogP contribution is 2.40. The Kier molecular flexibility index (Phi) is 6.94. The Hall–Kier alpha value is -2.75. The van der Waals surface area contributed by atoms with Crippen LogP contribution in [-0.2, 0) is 5.41 Å². The highest BCUT2D eigenvalue weighted by atomic mass is 16.5. The lowest BCUT2D eigenvalue weighted by atomic mass is 9.82. The first kappa shape index (κ1) is 24.5. The molecule has 0 aliphatic carbocycles. The van der Waals surface area contributed by atoms with Gasteiger partial charge in [-0.15, -0.1) is 0 Å². The van der Waals surface area contributed by atoms with Crippen molar-refractivity contribution < 1.29 is 19.4 Å². The molecule has 0 fully saturated rings. The molecule has 1 N–H and O–H groups in total. The van der Waals surface area contributed by atoms with E-state index in [4.69, 9.17) is 9.47 Å². The summed E-state index contributed by atoms with van der Waals surface area (Å²) >= 11 is 0. The van der Waals surface area contributed by atoms with Gasteiger partial charge in [-0.05, 0) is 88.9 Å². The molecule has 0 heterocycles. The number of allylic oxidation sites excluding steroid dienone is 1. The SMILES string of the molecule is CC(C)(C)Oc1cc(/C=C/C(=O)c2ccc(O)cc2)c(C(C)(C)C)c(OC(C)(C)C)c1. The minimum Gasteiger partial charge on any atom is -0.508 e. The molecule has 0 saturated heterocycles. The number of aromatic hydroxyl groups is 1. The van der Waals surface area contributed by atoms with Crippen molar-refractivity contribution in [2.75, 3.05) is 0 Å². The van der Waals surface area contributed by atoms with Crippen LogP contribution in [0.1, 0.15) is 83.8 Å². The van der Waals surface area contributed by atoms with Crippen LogP contribution < -0.4 is 9.47 Å². The third-order valence-corrected chi connectivity index (χ3v) is 4.26. The van der Waals surface area contributed by atoms with Crippen molar-refractivity contribution in [1.82, 2.24) is 0 Å². The molecule has 0 saturated carbocycles. The fourth-order valence-electron chi connectivity index (χ4n) is 3.26. The summed E-state index contributed by atoms with van der Waals surface area (Å²) in [5.74, 6) is 1.43. The van der Waals surface area contributed by atoms with E-state index in [1.54, 1.807) is 18.2 Å². The van der Waals surface area contributed by atoms with Crippen LogP contribution in [0, 0.1) is 0 Å². The van der Waals surface area contributed by atoms with Gasteiger partial charge in [0.1, 0.15) is 28.5 Å². The summed E-state index contributed by atoms with van der Waals surface area (Å²) in [6.45, 7) is 18.4. The van der Waals surface area contributed by atoms with E-state index in [9.17, 15) is 9.90 Å². The molecular weight excluding hydrogens is 388 g/mol. The lowest BCUT2D eigenvalue weighted by Crippen LogP contribution is -2.27. The highest BCUT2D eigenvalue weighted by molar-refractivity contribution is 6.07. The monoisotopic (exact) mass is 424 g/mol. The lowest BCUT2D eigenvalue weighted by molar-refractivity contribution is 0.104. The van der Waals surface area contributed by atoms with Crippen LogP contribution in [0.25, 0.3) is 6.08 Å². The van der Waals surface area contributed by atoms with E-state index in [-0.39, 0.29) is 28.1 Å². The molecule has 4 heteroatoms. The molecule has 0 bridgehead atoms. The van der Waals surface area contributed by atoms with Crippen molar-refractivity contribution in [2.45, 2.75) is 78.9 Å². The Morgan fingerprint density at radius 2 is 1.39 bits per heavy atom. The number of phenolic OH excluding ortho intramolecular Hbond substituents is 1. The van der Waals surface area contributed by atoms with Gasteiger partial charge < -0.3 is 14.6 Å². The molecule has 0 aliphatic rings. The maximum Gasteiger partial charge on any atom is 0.185 e. The Bertz CT molecular complexity index is 947. The van der Waals surface area contributed by atoms with Crippen molar-refractivity contribution in [3.05, 3.63) is 59.2 Å². The van der Waals surface area contributed by atoms with Gasteiger partial charge in [-0.3, -0.25) is 4.79 Å². The van der Waals surface area contributed by atoms with E-state index in [1.807, 2.05) is 59.8 Å². The Morgan fingerprint density at radius 3 is 1.87 bits per heavy atom. The number of phenols is 1. The quantitative estimate of drug-likeness (QED) is 0.417. The van der Waals surface area contributed by atoms with E-state index >= 15 is 0 Å². The fraction of sp³-hybridized carbons (Fsp3) is 0.444. The Labute approximate surface area is 186 Å². The van der Waals surface area contributed by atoms with Crippen molar-refractivity contribution >= 4 is 11.9 Å². The predicted molar refractivity (Wildman–Crippen MR) is 127 cm³/mol. The van der Waals surface area contributed by atoms with E-state index in [1.165, 1.54) is 12.1 Å². The van der Waals surface area contributed by atoms with E-state index in [0.717, 1.165) is 16.9 Å². The molecule has 2 aromatic carbocycles. The van der Waals surface area contributed by atoms with Crippen LogP contribution in [0.5, 0.6) is 17.2 Å². The summed E-state index contributed by atoms with van der Waals surface area (Å²) in [6, 6.07) is 10.1. The molecule has 0 spiro atoms. The molecule has 0 amide bonds. The van der Waals surface area contributed by atoms with E-state index in [2.05, 4.69) is 20.8 Å². The summed E-state index contributed by atoms with van der Waals surface area (Å²) in [7, 11) is 0. The van der Waals surface area contributed by atoms with Crippen molar-refractivity contribution in [3.8, 4) is 17.2 Å². The third-order valence-electron chi connectivity index (χ3n) is 4.26. The molecule has 2 aromatic rings. The third kappa shape index (κ3) is 7.46. The zero-order valence-corrected chi connectivity index (χ0v) is 20.3. The number of hydrogen-bond acceptors (Lipinski definition) is 4. The minimum absolute atomic E-state index is 0.131. The topological polar surface area (TPSA) is 55.8 Å². The smallest absolute Gasteiger partial charge is 0.185 e. The van der Waals surface area contributed by atoms with Crippen molar-refractivity contribution in [2.24, 2.45) is 0 Å². The van der Waals surface area contributed by atoms with Gasteiger partial charge in [0.15, 0.2) is 5.78 Å². The Balaban J connectivity index is 2.60.